The maximum absolute atomic E-state index is 14.2. The van der Waals surface area contributed by atoms with E-state index in [-0.39, 0.29) is 11.8 Å². The summed E-state index contributed by atoms with van der Waals surface area (Å²) in [6.45, 7) is 0.436. The van der Waals surface area contributed by atoms with E-state index >= 15 is 0 Å². The molecule has 0 radical (unpaired) electrons. The highest BCUT2D eigenvalue weighted by Gasteiger charge is 2.53. The quantitative estimate of drug-likeness (QED) is 0.274. The predicted octanol–water partition coefficient (Wildman–Crippen LogP) is 5.62. The molecule has 1 saturated heterocycles. The average molecular weight is 541 g/mol. The SMILES string of the molecule is O=C(NCCc1ccccc1)c1ccccc1N1C(=O)[C@@H]2Cc3c([nH]c4ccccc34)[C@@H](c3ccccc3)N2C1=O. The summed E-state index contributed by atoms with van der Waals surface area (Å²) in [6, 6.07) is 33.0. The Morgan fingerprint density at radius 1 is 0.829 bits per heavy atom. The number of fused-ring (bicyclic) bond motifs is 4. The van der Waals surface area contributed by atoms with Crippen LogP contribution in [0.5, 0.6) is 0 Å². The van der Waals surface area contributed by atoms with Gasteiger partial charge < -0.3 is 10.3 Å². The minimum Gasteiger partial charge on any atom is -0.356 e. The molecule has 41 heavy (non-hydrogen) atoms. The largest absolute Gasteiger partial charge is 0.356 e. The van der Waals surface area contributed by atoms with Crippen LogP contribution in [0.2, 0.25) is 0 Å². The third-order valence-corrected chi connectivity index (χ3v) is 8.10. The standard InChI is InChI=1S/C34H28N4O3/c39-32(35-20-19-22-11-3-1-4-12-22)25-16-8-10-18-28(25)38-33(40)29-21-26-24-15-7-9-17-27(24)36-30(26)31(37(29)34(38)41)23-13-5-2-6-14-23/h1-18,29,31,36H,19-21H2,(H,35,39)/t29-,31+/m0/s1. The number of anilines is 1. The Morgan fingerprint density at radius 3 is 2.32 bits per heavy atom. The number of amides is 4. The van der Waals surface area contributed by atoms with Crippen LogP contribution in [0.25, 0.3) is 10.9 Å². The second kappa shape index (κ2) is 10.1. The van der Waals surface area contributed by atoms with Crippen molar-refractivity contribution in [1.82, 2.24) is 15.2 Å². The lowest BCUT2D eigenvalue weighted by molar-refractivity contribution is -0.120. The van der Waals surface area contributed by atoms with Crippen molar-refractivity contribution in [1.29, 1.82) is 0 Å². The van der Waals surface area contributed by atoms with E-state index in [1.807, 2.05) is 78.9 Å². The summed E-state index contributed by atoms with van der Waals surface area (Å²) in [7, 11) is 0. The number of benzene rings is 4. The van der Waals surface area contributed by atoms with Gasteiger partial charge in [-0.1, -0.05) is 91.0 Å². The molecule has 7 rings (SSSR count). The van der Waals surface area contributed by atoms with Crippen molar-refractivity contribution >= 4 is 34.4 Å². The predicted molar refractivity (Wildman–Crippen MR) is 158 cm³/mol. The van der Waals surface area contributed by atoms with Crippen LogP contribution in [0.3, 0.4) is 0 Å². The van der Waals surface area contributed by atoms with Crippen molar-refractivity contribution in [2.75, 3.05) is 11.4 Å². The maximum atomic E-state index is 14.2. The number of carbonyl (C=O) groups excluding carboxylic acids is 3. The van der Waals surface area contributed by atoms with Crippen LogP contribution in [0.15, 0.2) is 109 Å². The van der Waals surface area contributed by atoms with Gasteiger partial charge >= 0.3 is 6.03 Å². The van der Waals surface area contributed by atoms with Crippen molar-refractivity contribution in [3.8, 4) is 0 Å². The van der Waals surface area contributed by atoms with Gasteiger partial charge in [0.15, 0.2) is 0 Å². The summed E-state index contributed by atoms with van der Waals surface area (Å²) in [5.41, 5.74) is 5.57. The zero-order valence-corrected chi connectivity index (χ0v) is 22.3. The molecule has 0 spiro atoms. The number of aromatic amines is 1. The molecule has 1 aromatic heterocycles. The smallest absolute Gasteiger partial charge is 0.332 e. The summed E-state index contributed by atoms with van der Waals surface area (Å²) in [5, 5.41) is 4.02. The first-order chi connectivity index (χ1) is 20.1. The van der Waals surface area contributed by atoms with Gasteiger partial charge in [-0.3, -0.25) is 14.5 Å². The van der Waals surface area contributed by atoms with Crippen LogP contribution in [-0.2, 0) is 17.6 Å². The van der Waals surface area contributed by atoms with Gasteiger partial charge in [-0.15, -0.1) is 0 Å². The van der Waals surface area contributed by atoms with E-state index < -0.39 is 18.1 Å². The van der Waals surface area contributed by atoms with Gasteiger partial charge in [0.1, 0.15) is 12.1 Å². The van der Waals surface area contributed by atoms with Crippen molar-refractivity contribution < 1.29 is 14.4 Å². The van der Waals surface area contributed by atoms with E-state index in [0.29, 0.717) is 30.6 Å². The number of hydrogen-bond acceptors (Lipinski definition) is 3. The Morgan fingerprint density at radius 2 is 1.51 bits per heavy atom. The number of rotatable bonds is 6. The summed E-state index contributed by atoms with van der Waals surface area (Å²) in [4.78, 5) is 48.1. The van der Waals surface area contributed by atoms with Crippen LogP contribution in [0.1, 0.15) is 38.8 Å². The van der Waals surface area contributed by atoms with Gasteiger partial charge in [0, 0.05) is 29.6 Å². The number of imide groups is 1. The Kier molecular flexibility index (Phi) is 6.12. The molecule has 4 aromatic carbocycles. The van der Waals surface area contributed by atoms with Crippen molar-refractivity contribution in [3.63, 3.8) is 0 Å². The molecule has 3 heterocycles. The van der Waals surface area contributed by atoms with Gasteiger partial charge in [-0.25, -0.2) is 9.69 Å². The Bertz CT molecular complexity index is 1780. The minimum absolute atomic E-state index is 0.294. The number of nitrogens with one attached hydrogen (secondary N) is 2. The number of urea groups is 1. The molecule has 7 nitrogen and oxygen atoms in total. The van der Waals surface area contributed by atoms with Crippen LogP contribution in [0.4, 0.5) is 10.5 Å². The molecule has 4 amide bonds. The lowest BCUT2D eigenvalue weighted by Crippen LogP contribution is -2.44. The molecule has 2 aliphatic rings. The number of nitrogens with zero attached hydrogens (tertiary/aromatic N) is 2. The lowest BCUT2D eigenvalue weighted by Gasteiger charge is -2.36. The van der Waals surface area contributed by atoms with Gasteiger partial charge in [-0.05, 0) is 41.3 Å². The van der Waals surface area contributed by atoms with Gasteiger partial charge in [0.25, 0.3) is 11.8 Å². The number of aromatic nitrogens is 1. The van der Waals surface area contributed by atoms with Crippen LogP contribution in [0, 0.1) is 0 Å². The highest BCUT2D eigenvalue weighted by Crippen LogP contribution is 2.45. The van der Waals surface area contributed by atoms with Gasteiger partial charge in [0.2, 0.25) is 0 Å². The molecule has 2 N–H and O–H groups in total. The maximum Gasteiger partial charge on any atom is 0.332 e. The normalized spacial score (nSPS) is 18.0. The third-order valence-electron chi connectivity index (χ3n) is 8.10. The van der Waals surface area contributed by atoms with Crippen LogP contribution in [-0.4, -0.2) is 40.3 Å². The van der Waals surface area contributed by atoms with Crippen molar-refractivity contribution in [3.05, 3.63) is 137 Å². The van der Waals surface area contributed by atoms with E-state index in [9.17, 15) is 14.4 Å². The first kappa shape index (κ1) is 24.8. The number of carbonyl (C=O) groups is 3. The number of para-hydroxylation sites is 2. The van der Waals surface area contributed by atoms with E-state index in [4.69, 9.17) is 0 Å². The van der Waals surface area contributed by atoms with E-state index in [1.54, 1.807) is 29.2 Å². The highest BCUT2D eigenvalue weighted by molar-refractivity contribution is 6.24. The summed E-state index contributed by atoms with van der Waals surface area (Å²) < 4.78 is 0. The molecular formula is C34H28N4O3. The van der Waals surface area contributed by atoms with Crippen molar-refractivity contribution in [2.45, 2.75) is 24.9 Å². The van der Waals surface area contributed by atoms with Crippen LogP contribution >= 0.6 is 0 Å². The van der Waals surface area contributed by atoms with E-state index in [1.165, 1.54) is 4.90 Å². The zero-order chi connectivity index (χ0) is 27.9. The second-order valence-electron chi connectivity index (χ2n) is 10.5. The average Bonchev–Trinajstić information content (AvgIpc) is 3.51. The van der Waals surface area contributed by atoms with Crippen molar-refractivity contribution in [2.24, 2.45) is 0 Å². The summed E-state index contributed by atoms with van der Waals surface area (Å²) >= 11 is 0. The van der Waals surface area contributed by atoms with E-state index in [2.05, 4.69) is 16.4 Å². The van der Waals surface area contributed by atoms with Gasteiger partial charge in [0.05, 0.1) is 11.3 Å². The fraction of sp³-hybridized carbons (Fsp3) is 0.147. The molecule has 0 aliphatic carbocycles. The molecular weight excluding hydrogens is 512 g/mol. The molecule has 1 fully saturated rings. The molecule has 0 saturated carbocycles. The summed E-state index contributed by atoms with van der Waals surface area (Å²) in [6.07, 6.45) is 1.08. The Hall–Kier alpha value is -5.17. The molecule has 0 bridgehead atoms. The molecule has 5 aromatic rings. The highest BCUT2D eigenvalue weighted by atomic mass is 16.2. The Balaban J connectivity index is 1.24. The zero-order valence-electron chi connectivity index (χ0n) is 22.3. The Labute approximate surface area is 237 Å². The fourth-order valence-corrected chi connectivity index (χ4v) is 6.20. The minimum atomic E-state index is -0.686. The topological polar surface area (TPSA) is 85.5 Å². The fourth-order valence-electron chi connectivity index (χ4n) is 6.20. The number of hydrogen-bond donors (Lipinski definition) is 2. The lowest BCUT2D eigenvalue weighted by atomic mass is 9.89. The molecule has 0 unspecified atom stereocenters. The monoisotopic (exact) mass is 540 g/mol. The first-order valence-corrected chi connectivity index (χ1v) is 13.8. The van der Waals surface area contributed by atoms with Crippen LogP contribution < -0.4 is 10.2 Å². The van der Waals surface area contributed by atoms with Gasteiger partial charge in [-0.2, -0.15) is 0 Å². The molecule has 2 aliphatic heterocycles. The first-order valence-electron chi connectivity index (χ1n) is 13.8. The molecule has 7 heteroatoms. The number of H-pyrrole nitrogens is 1. The third kappa shape index (κ3) is 4.17. The molecule has 2 atom stereocenters. The summed E-state index contributed by atoms with van der Waals surface area (Å²) in [5.74, 6) is -0.644. The van der Waals surface area contributed by atoms with E-state index in [0.717, 1.165) is 33.3 Å². The second-order valence-corrected chi connectivity index (χ2v) is 10.5. The molecule has 202 valence electrons.